The first-order valence-corrected chi connectivity index (χ1v) is 7.28. The molecule has 0 saturated heterocycles. The third-order valence-corrected chi connectivity index (χ3v) is 2.76. The van der Waals surface area contributed by atoms with Crippen LogP contribution >= 0.6 is 7.82 Å². The summed E-state index contributed by atoms with van der Waals surface area (Å²) in [6.45, 7) is 5.87. The van der Waals surface area contributed by atoms with E-state index in [1.165, 1.54) is 0 Å². The molecule has 0 aromatic heterocycles. The summed E-state index contributed by atoms with van der Waals surface area (Å²) in [5.74, 6) is 0.290. The number of hydrogen-bond donors (Lipinski definition) is 2. The van der Waals surface area contributed by atoms with E-state index in [1.807, 2.05) is 51.1 Å². The van der Waals surface area contributed by atoms with Crippen LogP contribution in [-0.2, 0) is 20.3 Å². The van der Waals surface area contributed by atoms with Crippen molar-refractivity contribution in [3.8, 4) is 0 Å². The Morgan fingerprint density at radius 1 is 1.21 bits per heavy atom. The second kappa shape index (κ2) is 7.56. The molecule has 6 heteroatoms. The third kappa shape index (κ3) is 9.56. The molecule has 0 aliphatic heterocycles. The van der Waals surface area contributed by atoms with Gasteiger partial charge < -0.3 is 9.79 Å². The number of carbonyl (C=O) groups excluding carboxylic acids is 1. The van der Waals surface area contributed by atoms with Crippen molar-refractivity contribution in [2.24, 2.45) is 5.41 Å². The highest BCUT2D eigenvalue weighted by Gasteiger charge is 2.20. The highest BCUT2D eigenvalue weighted by molar-refractivity contribution is 7.46. The maximum atomic E-state index is 11.6. The Morgan fingerprint density at radius 2 is 1.63 bits per heavy atom. The number of carbonyl (C=O) groups is 1. The molecule has 19 heavy (non-hydrogen) atoms. The first-order valence-electron chi connectivity index (χ1n) is 5.75. The van der Waals surface area contributed by atoms with E-state index in [9.17, 15) is 9.36 Å². The summed E-state index contributed by atoms with van der Waals surface area (Å²) in [7, 11) is -3.20. The van der Waals surface area contributed by atoms with Crippen LogP contribution in [0.15, 0.2) is 30.3 Å². The summed E-state index contributed by atoms with van der Waals surface area (Å²) in [5, 5.41) is 0. The van der Waals surface area contributed by atoms with Crippen LogP contribution in [0.25, 0.3) is 0 Å². The predicted octanol–water partition coefficient (Wildman–Crippen LogP) is 2.57. The summed E-state index contributed by atoms with van der Waals surface area (Å²) in [6, 6.07) is 9.87. The Morgan fingerprint density at radius 3 is 1.95 bits per heavy atom. The van der Waals surface area contributed by atoms with Gasteiger partial charge in [-0.1, -0.05) is 51.1 Å². The minimum absolute atomic E-state index is 0.226. The predicted molar refractivity (Wildman–Crippen MR) is 73.7 cm³/mol. The van der Waals surface area contributed by atoms with Crippen molar-refractivity contribution in [2.75, 3.05) is 7.11 Å². The lowest BCUT2D eigenvalue weighted by molar-refractivity contribution is -0.125. The average Bonchev–Trinajstić information content (AvgIpc) is 2.29. The van der Waals surface area contributed by atoms with E-state index >= 15 is 0 Å². The average molecular weight is 288 g/mol. The zero-order valence-electron chi connectivity index (χ0n) is 11.7. The minimum atomic E-state index is -4.15. The monoisotopic (exact) mass is 288 g/mol. The van der Waals surface area contributed by atoms with E-state index in [4.69, 9.17) is 9.79 Å². The van der Waals surface area contributed by atoms with Crippen molar-refractivity contribution in [2.45, 2.75) is 27.2 Å². The molecule has 0 fully saturated rings. The zero-order chi connectivity index (χ0) is 15.1. The standard InChI is InChI=1S/C12H16O.CH5O4P/c1-12(2,3)11(13)9-10-7-5-4-6-8-10;1-5-6(2,3)4/h4-8H,9H2,1-3H3;1H3,(H2,2,3,4). The molecule has 2 N–H and O–H groups in total. The van der Waals surface area contributed by atoms with E-state index in [1.54, 1.807) is 0 Å². The molecule has 0 amide bonds. The van der Waals surface area contributed by atoms with Crippen molar-refractivity contribution in [1.29, 1.82) is 0 Å². The Labute approximate surface area is 113 Å². The highest BCUT2D eigenvalue weighted by Crippen LogP contribution is 2.33. The summed E-state index contributed by atoms with van der Waals surface area (Å²) < 4.78 is 13.1. The van der Waals surface area contributed by atoms with Gasteiger partial charge >= 0.3 is 7.82 Å². The van der Waals surface area contributed by atoms with Gasteiger partial charge in [-0.25, -0.2) is 4.57 Å². The maximum Gasteiger partial charge on any atom is 0.469 e. The number of phosphoric acid groups is 1. The van der Waals surface area contributed by atoms with E-state index in [2.05, 4.69) is 4.52 Å². The first-order chi connectivity index (χ1) is 8.56. The number of rotatable bonds is 3. The molecular weight excluding hydrogens is 267 g/mol. The molecule has 1 aromatic carbocycles. The van der Waals surface area contributed by atoms with Crippen molar-refractivity contribution >= 4 is 13.6 Å². The molecule has 0 aliphatic rings. The van der Waals surface area contributed by atoms with Gasteiger partial charge in [0.15, 0.2) is 0 Å². The molecule has 0 spiro atoms. The normalized spacial score (nSPS) is 11.5. The molecular formula is C13H21O5P. The van der Waals surface area contributed by atoms with Crippen LogP contribution in [0.2, 0.25) is 0 Å². The Bertz CT molecular complexity index is 430. The highest BCUT2D eigenvalue weighted by atomic mass is 31.2. The summed E-state index contributed by atoms with van der Waals surface area (Å²) >= 11 is 0. The van der Waals surface area contributed by atoms with Gasteiger partial charge in [0, 0.05) is 18.9 Å². The van der Waals surface area contributed by atoms with Crippen molar-refractivity contribution < 1.29 is 23.7 Å². The molecule has 0 atom stereocenters. The Balaban J connectivity index is 0.000000459. The van der Waals surface area contributed by atoms with Crippen molar-refractivity contribution in [1.82, 2.24) is 0 Å². The molecule has 1 aromatic rings. The van der Waals surface area contributed by atoms with Gasteiger partial charge in [0.2, 0.25) is 0 Å². The maximum absolute atomic E-state index is 11.6. The molecule has 0 aliphatic carbocycles. The van der Waals surface area contributed by atoms with Crippen LogP contribution < -0.4 is 0 Å². The second-order valence-electron chi connectivity index (χ2n) is 5.01. The molecule has 0 saturated carbocycles. The Hall–Kier alpha value is -1.00. The topological polar surface area (TPSA) is 83.8 Å². The fourth-order valence-corrected chi connectivity index (χ4v) is 1.05. The zero-order valence-corrected chi connectivity index (χ0v) is 12.6. The quantitative estimate of drug-likeness (QED) is 0.835. The third-order valence-electron chi connectivity index (χ3n) is 2.28. The lowest BCUT2D eigenvalue weighted by atomic mass is 9.87. The fourth-order valence-electron chi connectivity index (χ4n) is 1.05. The Kier molecular flexibility index (Phi) is 7.16. The van der Waals surface area contributed by atoms with E-state index in [-0.39, 0.29) is 5.41 Å². The molecule has 0 heterocycles. The van der Waals surface area contributed by atoms with Crippen LogP contribution in [0.5, 0.6) is 0 Å². The number of benzene rings is 1. The van der Waals surface area contributed by atoms with Crippen LogP contribution in [-0.4, -0.2) is 22.7 Å². The smallest absolute Gasteiger partial charge is 0.303 e. The van der Waals surface area contributed by atoms with Gasteiger partial charge in [-0.15, -0.1) is 0 Å². The van der Waals surface area contributed by atoms with Crippen molar-refractivity contribution in [3.63, 3.8) is 0 Å². The lowest BCUT2D eigenvalue weighted by Crippen LogP contribution is -2.21. The van der Waals surface area contributed by atoms with Gasteiger partial charge in [0.1, 0.15) is 5.78 Å². The van der Waals surface area contributed by atoms with Crippen molar-refractivity contribution in [3.05, 3.63) is 35.9 Å². The van der Waals surface area contributed by atoms with Gasteiger partial charge in [-0.05, 0) is 5.56 Å². The minimum Gasteiger partial charge on any atom is -0.303 e. The number of phosphoric ester groups is 1. The second-order valence-corrected chi connectivity index (χ2v) is 6.36. The summed E-state index contributed by atoms with van der Waals surface area (Å²) in [6.07, 6.45) is 0.546. The number of hydrogen-bond acceptors (Lipinski definition) is 3. The number of Topliss-reactive ketones (excluding diaryl/α,β-unsaturated/α-hetero) is 1. The fraction of sp³-hybridized carbons (Fsp3) is 0.462. The number of ketones is 1. The van der Waals surface area contributed by atoms with Crippen LogP contribution in [0.1, 0.15) is 26.3 Å². The molecule has 5 nitrogen and oxygen atoms in total. The van der Waals surface area contributed by atoms with E-state index < -0.39 is 7.82 Å². The van der Waals surface area contributed by atoms with Crippen LogP contribution in [0.3, 0.4) is 0 Å². The van der Waals surface area contributed by atoms with E-state index in [0.717, 1.165) is 12.7 Å². The van der Waals surface area contributed by atoms with Crippen LogP contribution in [0, 0.1) is 5.41 Å². The van der Waals surface area contributed by atoms with Gasteiger partial charge in [0.25, 0.3) is 0 Å². The molecule has 0 radical (unpaired) electrons. The van der Waals surface area contributed by atoms with Gasteiger partial charge in [-0.2, -0.15) is 0 Å². The van der Waals surface area contributed by atoms with Gasteiger partial charge in [0.05, 0.1) is 0 Å². The van der Waals surface area contributed by atoms with Crippen LogP contribution in [0.4, 0.5) is 0 Å². The van der Waals surface area contributed by atoms with Gasteiger partial charge in [-0.3, -0.25) is 9.32 Å². The molecule has 0 unspecified atom stereocenters. The lowest BCUT2D eigenvalue weighted by Gasteiger charge is -2.16. The first kappa shape index (κ1) is 18.0. The van der Waals surface area contributed by atoms with E-state index in [0.29, 0.717) is 12.2 Å². The SMILES string of the molecule is CC(C)(C)C(=O)Cc1ccccc1.COP(=O)(O)O. The molecule has 108 valence electrons. The summed E-state index contributed by atoms with van der Waals surface area (Å²) in [4.78, 5) is 27.1. The largest absolute Gasteiger partial charge is 0.469 e. The summed E-state index contributed by atoms with van der Waals surface area (Å²) in [5.41, 5.74) is 0.873. The molecule has 1 rings (SSSR count). The molecule has 0 bridgehead atoms.